The van der Waals surface area contributed by atoms with Gasteiger partial charge in [-0.15, -0.1) is 0 Å². The summed E-state index contributed by atoms with van der Waals surface area (Å²) in [6.07, 6.45) is -0.391. The van der Waals surface area contributed by atoms with Gasteiger partial charge in [0, 0.05) is 13.1 Å². The summed E-state index contributed by atoms with van der Waals surface area (Å²) < 4.78 is 38.4. The minimum Gasteiger partial charge on any atom is -0.496 e. The Bertz CT molecular complexity index is 1060. The van der Waals surface area contributed by atoms with Gasteiger partial charge in [-0.1, -0.05) is 30.3 Å². The SMILES string of the molecule is COc1ccc(S(=O)(=O)N2CCCO[C@@H]2CNC(=O)C(=O)NCc2ccccc2)cc1C. The summed E-state index contributed by atoms with van der Waals surface area (Å²) in [5.41, 5.74) is 1.54. The van der Waals surface area contributed by atoms with E-state index in [1.165, 1.54) is 23.5 Å². The second-order valence-corrected chi connectivity index (χ2v) is 9.20. The number of ether oxygens (including phenoxy) is 2. The molecule has 9 nitrogen and oxygen atoms in total. The number of hydrogen-bond donors (Lipinski definition) is 2. The van der Waals surface area contributed by atoms with E-state index in [4.69, 9.17) is 9.47 Å². The minimum absolute atomic E-state index is 0.109. The van der Waals surface area contributed by atoms with Crippen LogP contribution in [-0.2, 0) is 30.9 Å². The van der Waals surface area contributed by atoms with Crippen LogP contribution in [0.2, 0.25) is 0 Å². The lowest BCUT2D eigenvalue weighted by Gasteiger charge is -2.34. The third-order valence-corrected chi connectivity index (χ3v) is 6.95. The molecule has 0 aliphatic carbocycles. The van der Waals surface area contributed by atoms with Crippen LogP contribution in [-0.4, -0.2) is 57.6 Å². The normalized spacial score (nSPS) is 16.9. The molecule has 172 valence electrons. The smallest absolute Gasteiger partial charge is 0.309 e. The van der Waals surface area contributed by atoms with E-state index >= 15 is 0 Å². The van der Waals surface area contributed by atoms with Gasteiger partial charge in [0.05, 0.1) is 25.2 Å². The van der Waals surface area contributed by atoms with Crippen molar-refractivity contribution >= 4 is 21.8 Å². The number of carbonyl (C=O) groups is 2. The van der Waals surface area contributed by atoms with Crippen molar-refractivity contribution in [3.8, 4) is 5.75 Å². The van der Waals surface area contributed by atoms with E-state index in [0.29, 0.717) is 24.3 Å². The first kappa shape index (κ1) is 23.7. The van der Waals surface area contributed by atoms with Crippen LogP contribution < -0.4 is 15.4 Å². The van der Waals surface area contributed by atoms with Crippen LogP contribution in [0.15, 0.2) is 53.4 Å². The van der Waals surface area contributed by atoms with Crippen LogP contribution in [0.25, 0.3) is 0 Å². The van der Waals surface area contributed by atoms with Crippen molar-refractivity contribution in [2.45, 2.75) is 31.0 Å². The summed E-state index contributed by atoms with van der Waals surface area (Å²) in [4.78, 5) is 24.4. The second-order valence-electron chi connectivity index (χ2n) is 7.30. The molecule has 2 N–H and O–H groups in total. The molecule has 1 heterocycles. The van der Waals surface area contributed by atoms with E-state index < -0.39 is 28.1 Å². The van der Waals surface area contributed by atoms with E-state index in [1.54, 1.807) is 13.0 Å². The number of carbonyl (C=O) groups excluding carboxylic acids is 2. The highest BCUT2D eigenvalue weighted by Crippen LogP contribution is 2.26. The second kappa shape index (κ2) is 10.6. The molecule has 3 rings (SSSR count). The lowest BCUT2D eigenvalue weighted by Crippen LogP contribution is -2.53. The number of methoxy groups -OCH3 is 1. The van der Waals surface area contributed by atoms with Crippen LogP contribution in [0, 0.1) is 6.92 Å². The van der Waals surface area contributed by atoms with Crippen molar-refractivity contribution in [3.63, 3.8) is 0 Å². The molecule has 1 fully saturated rings. The monoisotopic (exact) mass is 461 g/mol. The highest BCUT2D eigenvalue weighted by atomic mass is 32.2. The Kier molecular flexibility index (Phi) is 7.84. The number of hydrogen-bond acceptors (Lipinski definition) is 6. The average molecular weight is 462 g/mol. The van der Waals surface area contributed by atoms with Crippen molar-refractivity contribution in [3.05, 3.63) is 59.7 Å². The van der Waals surface area contributed by atoms with Crippen LogP contribution in [0.5, 0.6) is 5.75 Å². The fourth-order valence-corrected chi connectivity index (χ4v) is 5.02. The van der Waals surface area contributed by atoms with Gasteiger partial charge in [-0.25, -0.2) is 8.42 Å². The molecule has 0 saturated carbocycles. The first-order valence-electron chi connectivity index (χ1n) is 10.2. The number of nitrogens with zero attached hydrogens (tertiary/aromatic N) is 1. The van der Waals surface area contributed by atoms with Gasteiger partial charge < -0.3 is 20.1 Å². The number of benzene rings is 2. The molecular formula is C22H27N3O6S. The third kappa shape index (κ3) is 5.64. The predicted molar refractivity (Wildman–Crippen MR) is 117 cm³/mol. The summed E-state index contributed by atoms with van der Waals surface area (Å²) in [7, 11) is -2.35. The van der Waals surface area contributed by atoms with Crippen LogP contribution in [0.3, 0.4) is 0 Å². The van der Waals surface area contributed by atoms with Gasteiger partial charge in [-0.2, -0.15) is 4.31 Å². The van der Waals surface area contributed by atoms with E-state index in [0.717, 1.165) is 5.56 Å². The Morgan fingerprint density at radius 3 is 2.53 bits per heavy atom. The number of sulfonamides is 1. The molecule has 0 bridgehead atoms. The van der Waals surface area contributed by atoms with Gasteiger partial charge in [0.1, 0.15) is 12.0 Å². The molecule has 2 amide bonds. The minimum atomic E-state index is -3.87. The highest BCUT2D eigenvalue weighted by molar-refractivity contribution is 7.89. The fourth-order valence-electron chi connectivity index (χ4n) is 3.37. The fraction of sp³-hybridized carbons (Fsp3) is 0.364. The van der Waals surface area contributed by atoms with Gasteiger partial charge in [0.25, 0.3) is 0 Å². The number of nitrogens with one attached hydrogen (secondary N) is 2. The van der Waals surface area contributed by atoms with Crippen LogP contribution in [0.4, 0.5) is 0 Å². The van der Waals surface area contributed by atoms with Gasteiger partial charge in [-0.3, -0.25) is 9.59 Å². The van der Waals surface area contributed by atoms with Crippen molar-refractivity contribution in [2.75, 3.05) is 26.8 Å². The molecule has 1 aliphatic heterocycles. The van der Waals surface area contributed by atoms with E-state index in [-0.39, 0.29) is 24.5 Å². The van der Waals surface area contributed by atoms with Gasteiger partial charge >= 0.3 is 11.8 Å². The molecular weight excluding hydrogens is 434 g/mol. The van der Waals surface area contributed by atoms with Crippen molar-refractivity contribution < 1.29 is 27.5 Å². The summed E-state index contributed by atoms with van der Waals surface area (Å²) >= 11 is 0. The van der Waals surface area contributed by atoms with Crippen molar-refractivity contribution in [1.29, 1.82) is 0 Å². The Morgan fingerprint density at radius 2 is 1.84 bits per heavy atom. The average Bonchev–Trinajstić information content (AvgIpc) is 2.81. The summed E-state index contributed by atoms with van der Waals surface area (Å²) in [6.45, 7) is 2.43. The predicted octanol–water partition coefficient (Wildman–Crippen LogP) is 1.17. The zero-order valence-corrected chi connectivity index (χ0v) is 18.9. The molecule has 0 spiro atoms. The van der Waals surface area contributed by atoms with Gasteiger partial charge in [0.15, 0.2) is 0 Å². The first-order valence-corrected chi connectivity index (χ1v) is 11.6. The molecule has 1 saturated heterocycles. The topological polar surface area (TPSA) is 114 Å². The zero-order chi connectivity index (χ0) is 23.1. The zero-order valence-electron chi connectivity index (χ0n) is 18.0. The summed E-state index contributed by atoms with van der Waals surface area (Å²) in [5, 5.41) is 5.00. The van der Waals surface area contributed by atoms with Crippen molar-refractivity contribution in [1.82, 2.24) is 14.9 Å². The van der Waals surface area contributed by atoms with E-state index in [1.807, 2.05) is 30.3 Å². The third-order valence-electron chi connectivity index (χ3n) is 5.07. The highest BCUT2D eigenvalue weighted by Gasteiger charge is 2.35. The first-order chi connectivity index (χ1) is 15.3. The Morgan fingerprint density at radius 1 is 1.12 bits per heavy atom. The maximum atomic E-state index is 13.2. The van der Waals surface area contributed by atoms with Gasteiger partial charge in [-0.05, 0) is 42.7 Å². The lowest BCUT2D eigenvalue weighted by molar-refractivity contribution is -0.140. The van der Waals surface area contributed by atoms with Gasteiger partial charge in [0.2, 0.25) is 10.0 Å². The number of aryl methyl sites for hydroxylation is 1. The maximum Gasteiger partial charge on any atom is 0.309 e. The maximum absolute atomic E-state index is 13.2. The van der Waals surface area contributed by atoms with E-state index in [2.05, 4.69) is 10.6 Å². The largest absolute Gasteiger partial charge is 0.496 e. The van der Waals surface area contributed by atoms with Crippen LogP contribution in [0.1, 0.15) is 17.5 Å². The molecule has 10 heteroatoms. The Labute approximate surface area is 187 Å². The lowest BCUT2D eigenvalue weighted by atomic mass is 10.2. The summed E-state index contributed by atoms with van der Waals surface area (Å²) in [5.74, 6) is -1.07. The molecule has 0 aromatic heterocycles. The summed E-state index contributed by atoms with van der Waals surface area (Å²) in [6, 6.07) is 13.8. The standard InChI is InChI=1S/C22H27N3O6S/c1-16-13-18(9-10-19(16)30-2)32(28,29)25-11-6-12-31-20(25)15-24-22(27)21(26)23-14-17-7-4-3-5-8-17/h3-5,7-10,13,20H,6,11-12,14-15H2,1-2H3,(H,23,26)(H,24,27)/t20-/m1/s1. The van der Waals surface area contributed by atoms with E-state index in [9.17, 15) is 18.0 Å². The molecule has 1 aliphatic rings. The molecule has 0 unspecified atom stereocenters. The quantitative estimate of drug-likeness (QED) is 0.599. The van der Waals surface area contributed by atoms with Crippen molar-refractivity contribution in [2.24, 2.45) is 0 Å². The Balaban J connectivity index is 1.63. The molecule has 1 atom stereocenters. The molecule has 2 aromatic rings. The number of amides is 2. The molecule has 0 radical (unpaired) electrons. The van der Waals surface area contributed by atoms with Crippen LogP contribution >= 0.6 is 0 Å². The molecule has 2 aromatic carbocycles. The molecule has 32 heavy (non-hydrogen) atoms. The number of rotatable bonds is 7. The Hall–Kier alpha value is -2.95.